The number of nitrogens with zero attached hydrogens (tertiary/aromatic N) is 3. The molecule has 0 saturated heterocycles. The number of allylic oxidation sites excluding steroid dienone is 1. The Morgan fingerprint density at radius 3 is 1.80 bits per heavy atom. The van der Waals surface area contributed by atoms with Crippen molar-refractivity contribution >= 4 is 39.0 Å². The molecule has 1 unspecified atom stereocenters. The van der Waals surface area contributed by atoms with Crippen LogP contribution in [0.2, 0.25) is 0 Å². The lowest BCUT2D eigenvalue weighted by Crippen LogP contribution is -2.28. The number of ether oxygens (including phenoxy) is 1. The third kappa shape index (κ3) is 5.18. The van der Waals surface area contributed by atoms with Crippen molar-refractivity contribution in [2.45, 2.75) is 73.1 Å². The van der Waals surface area contributed by atoms with Crippen LogP contribution in [-0.2, 0) is 23.4 Å². The summed E-state index contributed by atoms with van der Waals surface area (Å²) in [5.74, 6) is -0.253. The minimum atomic E-state index is -0.879. The molecule has 0 saturated carbocycles. The number of cyclic esters (lactones) is 1. The maximum absolute atomic E-state index is 13.5. The zero-order valence-corrected chi connectivity index (χ0v) is 29.7. The van der Waals surface area contributed by atoms with E-state index in [1.54, 1.807) is 0 Å². The molecule has 5 heteroatoms. The summed E-state index contributed by atoms with van der Waals surface area (Å²) in [6.07, 6.45) is 3.76. The molecule has 5 nitrogen and oxygen atoms in total. The Bertz CT molecular complexity index is 2110. The maximum atomic E-state index is 13.5. The molecule has 1 aliphatic rings. The first kappa shape index (κ1) is 32.5. The molecule has 49 heavy (non-hydrogen) atoms. The van der Waals surface area contributed by atoms with E-state index in [0.717, 1.165) is 37.3 Å². The molecule has 4 aromatic carbocycles. The Labute approximate surface area is 290 Å². The summed E-state index contributed by atoms with van der Waals surface area (Å²) in [4.78, 5) is 15.8. The van der Waals surface area contributed by atoms with Gasteiger partial charge in [-0.05, 0) is 90.3 Å². The van der Waals surface area contributed by atoms with Gasteiger partial charge >= 0.3 is 5.97 Å². The van der Waals surface area contributed by atoms with Gasteiger partial charge in [0, 0.05) is 87.3 Å². The molecule has 7 rings (SSSR count). The normalized spacial score (nSPS) is 15.5. The Kier molecular flexibility index (Phi) is 8.70. The number of aromatic nitrogens is 2. The number of aryl methyl sites for hydroxylation is 2. The van der Waals surface area contributed by atoms with Crippen LogP contribution in [0, 0.1) is 13.8 Å². The molecule has 2 aromatic heterocycles. The lowest BCUT2D eigenvalue weighted by atomic mass is 9.81. The number of hydrogen-bond donors (Lipinski definition) is 0. The van der Waals surface area contributed by atoms with Crippen LogP contribution in [0.25, 0.3) is 27.4 Å². The Morgan fingerprint density at radius 2 is 1.24 bits per heavy atom. The zero-order chi connectivity index (χ0) is 34.3. The summed E-state index contributed by atoms with van der Waals surface area (Å²) in [6.45, 7) is 17.0. The SMILES string of the molecule is CCN(CC)c1ccc(C2(CCC=C(c3c(C)n(CC)c4ccccc34)c3c(C)n(CC)c4ccccc34)OC(=O)c3ccccc32)cc1. The van der Waals surface area contributed by atoms with Crippen LogP contribution in [0.4, 0.5) is 5.69 Å². The smallest absolute Gasteiger partial charge is 0.339 e. The summed E-state index contributed by atoms with van der Waals surface area (Å²) < 4.78 is 11.4. The summed E-state index contributed by atoms with van der Waals surface area (Å²) in [7, 11) is 0. The van der Waals surface area contributed by atoms with Crippen molar-refractivity contribution in [2.75, 3.05) is 18.0 Å². The van der Waals surface area contributed by atoms with Gasteiger partial charge in [-0.15, -0.1) is 0 Å². The van der Waals surface area contributed by atoms with Gasteiger partial charge in [0.15, 0.2) is 5.60 Å². The van der Waals surface area contributed by atoms with Gasteiger partial charge in [-0.2, -0.15) is 0 Å². The van der Waals surface area contributed by atoms with Crippen LogP contribution in [0.3, 0.4) is 0 Å². The highest BCUT2D eigenvalue weighted by atomic mass is 16.6. The third-order valence-electron chi connectivity index (χ3n) is 10.8. The molecule has 0 spiro atoms. The van der Waals surface area contributed by atoms with Gasteiger partial charge in [-0.25, -0.2) is 4.79 Å². The van der Waals surface area contributed by atoms with Gasteiger partial charge in [0.25, 0.3) is 0 Å². The standard InChI is InChI=1S/C44H47N3O2/c1-7-45(8-2)33-27-25-32(26-28-33)44(38-22-14-11-18-34(38)43(48)49-44)29-17-21-37(41-30(5)46(9-3)39-23-15-12-19-35(39)41)42-31(6)47(10-4)40-24-16-13-20-36(40)42/h11-16,18-28H,7-10,17,29H2,1-6H3. The number of carbonyl (C=O) groups excluding carboxylic acids is 1. The van der Waals surface area contributed by atoms with E-state index < -0.39 is 5.60 Å². The number of anilines is 1. The van der Waals surface area contributed by atoms with Crippen molar-refractivity contribution in [1.29, 1.82) is 0 Å². The average Bonchev–Trinajstić information content (AvgIpc) is 3.70. The molecule has 250 valence electrons. The average molecular weight is 650 g/mol. The van der Waals surface area contributed by atoms with Crippen molar-refractivity contribution in [3.8, 4) is 0 Å². The fourth-order valence-electron chi connectivity index (χ4n) is 8.46. The van der Waals surface area contributed by atoms with Gasteiger partial charge in [-0.3, -0.25) is 0 Å². The van der Waals surface area contributed by atoms with Gasteiger partial charge < -0.3 is 18.8 Å². The van der Waals surface area contributed by atoms with Crippen LogP contribution >= 0.6 is 0 Å². The van der Waals surface area contributed by atoms with Gasteiger partial charge in [0.1, 0.15) is 0 Å². The van der Waals surface area contributed by atoms with E-state index in [-0.39, 0.29) is 5.97 Å². The van der Waals surface area contributed by atoms with Crippen molar-refractivity contribution < 1.29 is 9.53 Å². The Morgan fingerprint density at radius 1 is 0.714 bits per heavy atom. The minimum Gasteiger partial charge on any atom is -0.446 e. The summed E-state index contributed by atoms with van der Waals surface area (Å²) >= 11 is 0. The summed E-state index contributed by atoms with van der Waals surface area (Å²) in [5.41, 5.74) is 11.7. The molecule has 1 atom stereocenters. The zero-order valence-electron chi connectivity index (χ0n) is 29.7. The monoisotopic (exact) mass is 649 g/mol. The molecule has 0 bridgehead atoms. The van der Waals surface area contributed by atoms with Gasteiger partial charge in [0.2, 0.25) is 0 Å². The topological polar surface area (TPSA) is 39.4 Å². The van der Waals surface area contributed by atoms with Gasteiger partial charge in [0.05, 0.1) is 5.56 Å². The molecule has 0 fully saturated rings. The fraction of sp³-hybridized carbons (Fsp3) is 0.295. The van der Waals surface area contributed by atoms with E-state index in [1.807, 2.05) is 18.2 Å². The van der Waals surface area contributed by atoms with Crippen LogP contribution in [0.5, 0.6) is 0 Å². The predicted molar refractivity (Wildman–Crippen MR) is 204 cm³/mol. The molecule has 6 aromatic rings. The summed E-state index contributed by atoms with van der Waals surface area (Å²) in [5, 5.41) is 2.53. The molecule has 1 aliphatic heterocycles. The first-order chi connectivity index (χ1) is 23.9. The lowest BCUT2D eigenvalue weighted by Gasteiger charge is -2.30. The molecule has 0 N–H and O–H groups in total. The molecular weight excluding hydrogens is 603 g/mol. The Balaban J connectivity index is 1.41. The van der Waals surface area contributed by atoms with Crippen LogP contribution < -0.4 is 4.90 Å². The number of fused-ring (bicyclic) bond motifs is 3. The number of hydrogen-bond acceptors (Lipinski definition) is 3. The molecule has 0 amide bonds. The second-order valence-corrected chi connectivity index (χ2v) is 13.1. The van der Waals surface area contributed by atoms with Crippen molar-refractivity contribution in [1.82, 2.24) is 9.13 Å². The highest BCUT2D eigenvalue weighted by Gasteiger charge is 2.46. The van der Waals surface area contributed by atoms with E-state index in [9.17, 15) is 4.79 Å². The number of benzene rings is 4. The molecule has 0 radical (unpaired) electrons. The second-order valence-electron chi connectivity index (χ2n) is 13.1. The number of carbonyl (C=O) groups is 1. The van der Waals surface area contributed by atoms with Crippen LogP contribution in [-0.4, -0.2) is 28.2 Å². The first-order valence-corrected chi connectivity index (χ1v) is 17.9. The lowest BCUT2D eigenvalue weighted by molar-refractivity contribution is 0.00762. The van der Waals surface area contributed by atoms with E-state index in [1.165, 1.54) is 55.6 Å². The first-order valence-electron chi connectivity index (χ1n) is 17.9. The fourth-order valence-corrected chi connectivity index (χ4v) is 8.46. The molecule has 0 aliphatic carbocycles. The minimum absolute atomic E-state index is 0.253. The number of rotatable bonds is 11. The van der Waals surface area contributed by atoms with E-state index in [0.29, 0.717) is 18.4 Å². The van der Waals surface area contributed by atoms with Crippen LogP contribution in [0.1, 0.15) is 84.5 Å². The van der Waals surface area contributed by atoms with Crippen molar-refractivity contribution in [3.05, 3.63) is 142 Å². The van der Waals surface area contributed by atoms with Crippen molar-refractivity contribution in [3.63, 3.8) is 0 Å². The predicted octanol–water partition coefficient (Wildman–Crippen LogP) is 10.4. The van der Waals surface area contributed by atoms with Crippen molar-refractivity contribution in [2.24, 2.45) is 0 Å². The second kappa shape index (κ2) is 13.1. The Hall–Kier alpha value is -5.03. The number of esters is 1. The molecule has 3 heterocycles. The van der Waals surface area contributed by atoms with E-state index in [4.69, 9.17) is 4.74 Å². The third-order valence-corrected chi connectivity index (χ3v) is 10.8. The summed E-state index contributed by atoms with van der Waals surface area (Å²) in [6, 6.07) is 34.2. The van der Waals surface area contributed by atoms with Crippen LogP contribution in [0.15, 0.2) is 103 Å². The largest absolute Gasteiger partial charge is 0.446 e. The molecular formula is C44H47N3O2. The number of para-hydroxylation sites is 2. The van der Waals surface area contributed by atoms with Gasteiger partial charge in [-0.1, -0.05) is 72.8 Å². The van der Waals surface area contributed by atoms with E-state index >= 15 is 0 Å². The quantitative estimate of drug-likeness (QED) is 0.131. The highest BCUT2D eigenvalue weighted by molar-refractivity contribution is 6.05. The highest BCUT2D eigenvalue weighted by Crippen LogP contribution is 2.47. The van der Waals surface area contributed by atoms with E-state index in [2.05, 4.69) is 141 Å². The maximum Gasteiger partial charge on any atom is 0.339 e.